The molecular formula is C44H45F4N9O6. The van der Waals surface area contributed by atoms with E-state index in [1.165, 1.54) is 44.5 Å². The van der Waals surface area contributed by atoms with Crippen molar-refractivity contribution >= 4 is 58.1 Å². The molecule has 19 heteroatoms. The first-order valence-corrected chi connectivity index (χ1v) is 20.6. The highest BCUT2D eigenvalue weighted by Crippen LogP contribution is 2.39. The normalized spacial score (nSPS) is 18.9. The molecule has 5 amide bonds. The Hall–Kier alpha value is -6.60. The lowest BCUT2D eigenvalue weighted by Gasteiger charge is -2.43. The predicted molar refractivity (Wildman–Crippen MR) is 224 cm³/mol. The number of anilines is 5. The van der Waals surface area contributed by atoms with E-state index in [0.717, 1.165) is 55.8 Å². The summed E-state index contributed by atoms with van der Waals surface area (Å²) in [5, 5.41) is 10.5. The molecular weight excluding hydrogens is 827 g/mol. The van der Waals surface area contributed by atoms with Crippen LogP contribution < -0.4 is 30.9 Å². The highest BCUT2D eigenvalue weighted by atomic mass is 19.4. The fourth-order valence-electron chi connectivity index (χ4n) is 8.77. The molecule has 1 unspecified atom stereocenters. The van der Waals surface area contributed by atoms with E-state index in [1.807, 2.05) is 12.1 Å². The van der Waals surface area contributed by atoms with Gasteiger partial charge in [0.15, 0.2) is 0 Å². The van der Waals surface area contributed by atoms with Crippen LogP contribution in [0.15, 0.2) is 66.9 Å². The van der Waals surface area contributed by atoms with Crippen molar-refractivity contribution in [3.8, 4) is 5.75 Å². The van der Waals surface area contributed by atoms with E-state index in [4.69, 9.17) is 4.74 Å². The molecule has 3 saturated heterocycles. The maximum atomic E-state index is 15.4. The molecule has 5 heterocycles. The highest BCUT2D eigenvalue weighted by Gasteiger charge is 2.46. The third-order valence-corrected chi connectivity index (χ3v) is 12.0. The van der Waals surface area contributed by atoms with Gasteiger partial charge in [-0.3, -0.25) is 44.0 Å². The van der Waals surface area contributed by atoms with Gasteiger partial charge in [-0.2, -0.15) is 13.2 Å². The van der Waals surface area contributed by atoms with Crippen LogP contribution in [0, 0.1) is 5.82 Å². The third kappa shape index (κ3) is 8.88. The fraction of sp³-hybridized carbons (Fsp3) is 0.364. The number of hydrogen-bond acceptors (Lipinski definition) is 12. The number of piperazine rings is 1. The Bertz CT molecular complexity index is 2470. The first kappa shape index (κ1) is 43.1. The Balaban J connectivity index is 0.861. The number of para-hydroxylation sites is 1. The molecule has 8 rings (SSSR count). The van der Waals surface area contributed by atoms with Crippen LogP contribution >= 0.6 is 0 Å². The molecule has 4 N–H and O–H groups in total. The van der Waals surface area contributed by atoms with Crippen molar-refractivity contribution in [2.45, 2.75) is 50.5 Å². The van der Waals surface area contributed by atoms with Gasteiger partial charge in [-0.25, -0.2) is 9.37 Å². The molecule has 4 aliphatic rings. The second kappa shape index (κ2) is 17.6. The monoisotopic (exact) mass is 871 g/mol. The van der Waals surface area contributed by atoms with E-state index in [-0.39, 0.29) is 46.7 Å². The first-order valence-electron chi connectivity index (χ1n) is 20.6. The zero-order valence-corrected chi connectivity index (χ0v) is 34.5. The van der Waals surface area contributed by atoms with Crippen molar-refractivity contribution < 1.29 is 46.3 Å². The minimum atomic E-state index is -4.72. The summed E-state index contributed by atoms with van der Waals surface area (Å²) in [6.07, 6.45) is -2.20. The lowest BCUT2D eigenvalue weighted by molar-refractivity contribution is -0.137. The number of pyridine rings is 1. The van der Waals surface area contributed by atoms with Gasteiger partial charge in [0.2, 0.25) is 11.8 Å². The Kier molecular flexibility index (Phi) is 12.1. The van der Waals surface area contributed by atoms with Gasteiger partial charge >= 0.3 is 6.18 Å². The van der Waals surface area contributed by atoms with E-state index in [0.29, 0.717) is 42.7 Å². The number of fused-ring (bicyclic) bond motifs is 1. The molecule has 0 saturated carbocycles. The topological polar surface area (TPSA) is 169 Å². The summed E-state index contributed by atoms with van der Waals surface area (Å²) in [4.78, 5) is 74.6. The van der Waals surface area contributed by atoms with Gasteiger partial charge in [0, 0.05) is 89.3 Å². The Morgan fingerprint density at radius 3 is 2.32 bits per heavy atom. The molecule has 0 spiro atoms. The maximum absolute atomic E-state index is 15.4. The van der Waals surface area contributed by atoms with Crippen LogP contribution in [0.5, 0.6) is 5.75 Å². The maximum Gasteiger partial charge on any atom is 0.419 e. The molecule has 4 aromatic rings. The smallest absolute Gasteiger partial charge is 0.419 e. The molecule has 63 heavy (non-hydrogen) atoms. The van der Waals surface area contributed by atoms with Gasteiger partial charge in [0.05, 0.1) is 46.4 Å². The van der Waals surface area contributed by atoms with Crippen LogP contribution in [-0.2, 0) is 22.3 Å². The first-order chi connectivity index (χ1) is 30.2. The number of methoxy groups -OCH3 is 1. The molecule has 15 nitrogen and oxygen atoms in total. The van der Waals surface area contributed by atoms with Gasteiger partial charge in [-0.1, -0.05) is 12.1 Å². The van der Waals surface area contributed by atoms with E-state index >= 15 is 4.39 Å². The van der Waals surface area contributed by atoms with E-state index in [9.17, 15) is 37.1 Å². The van der Waals surface area contributed by atoms with Crippen molar-refractivity contribution in [2.24, 2.45) is 0 Å². The second-order valence-corrected chi connectivity index (χ2v) is 15.8. The molecule has 1 atom stereocenters. The van der Waals surface area contributed by atoms with Crippen LogP contribution in [0.25, 0.3) is 0 Å². The van der Waals surface area contributed by atoms with Crippen LogP contribution in [0.2, 0.25) is 0 Å². The summed E-state index contributed by atoms with van der Waals surface area (Å²) < 4.78 is 63.3. The zero-order chi connectivity index (χ0) is 44.6. The summed E-state index contributed by atoms with van der Waals surface area (Å²) in [5.41, 5.74) is 0.631. The summed E-state index contributed by atoms with van der Waals surface area (Å²) in [7, 11) is 2.95. The van der Waals surface area contributed by atoms with Crippen LogP contribution in [0.1, 0.15) is 67.9 Å². The number of piperidine rings is 2. The van der Waals surface area contributed by atoms with E-state index in [1.54, 1.807) is 18.2 Å². The third-order valence-electron chi connectivity index (χ3n) is 12.0. The number of amides is 5. The standard InChI is InChI=1S/C44H45F4N9O6/c1-49-40(59)28-5-3-4-6-32(28)51-34-22-37(50-23-30(34)44(46,47)48)52-33-8-7-27(21-36(33)63-2)55-13-11-26(12-14-55)56-17-15-54(16-18-56)24-25-19-29-39(31(45)20-25)43(62)57(42(29)61)35-9-10-38(58)53-41(35)60/h3-8,19-23,26,35H,9-18,24H2,1-2H3,(H,49,59)(H2,50,51,52)(H,53,58,60). The van der Waals surface area contributed by atoms with Crippen molar-refractivity contribution in [3.05, 3.63) is 100 Å². The minimum Gasteiger partial charge on any atom is -0.494 e. The van der Waals surface area contributed by atoms with Gasteiger partial charge in [0.1, 0.15) is 23.4 Å². The number of hydrogen-bond donors (Lipinski definition) is 4. The molecule has 1 aromatic heterocycles. The second-order valence-electron chi connectivity index (χ2n) is 15.8. The molecule has 4 aliphatic heterocycles. The quantitative estimate of drug-likeness (QED) is 0.114. The van der Waals surface area contributed by atoms with Crippen molar-refractivity contribution in [2.75, 3.05) is 69.0 Å². The molecule has 3 aromatic carbocycles. The Labute approximate surface area is 359 Å². The Morgan fingerprint density at radius 1 is 0.873 bits per heavy atom. The van der Waals surface area contributed by atoms with Crippen molar-refractivity contribution in [1.82, 2.24) is 30.3 Å². The van der Waals surface area contributed by atoms with Gasteiger partial charge in [-0.15, -0.1) is 0 Å². The lowest BCUT2D eigenvalue weighted by atomic mass is 10.0. The van der Waals surface area contributed by atoms with Crippen molar-refractivity contribution in [3.63, 3.8) is 0 Å². The largest absolute Gasteiger partial charge is 0.494 e. The lowest BCUT2D eigenvalue weighted by Crippen LogP contribution is -2.54. The average Bonchev–Trinajstić information content (AvgIpc) is 3.52. The summed E-state index contributed by atoms with van der Waals surface area (Å²) in [6, 6.07) is 15.1. The van der Waals surface area contributed by atoms with E-state index < -0.39 is 53.1 Å². The number of carbonyl (C=O) groups excluding carboxylic acids is 5. The van der Waals surface area contributed by atoms with Crippen LogP contribution in [-0.4, -0.2) is 115 Å². The fourth-order valence-corrected chi connectivity index (χ4v) is 8.77. The molecule has 0 radical (unpaired) electrons. The number of nitrogens with one attached hydrogen (secondary N) is 4. The van der Waals surface area contributed by atoms with Gasteiger partial charge in [-0.05, 0) is 61.2 Å². The summed E-state index contributed by atoms with van der Waals surface area (Å²) in [6.45, 7) is 4.97. The Morgan fingerprint density at radius 2 is 1.62 bits per heavy atom. The molecule has 3 fully saturated rings. The molecule has 0 aliphatic carbocycles. The number of rotatable bonds is 11. The number of halogens is 4. The van der Waals surface area contributed by atoms with E-state index in [2.05, 4.69) is 41.0 Å². The molecule has 0 bridgehead atoms. The number of alkyl halides is 3. The van der Waals surface area contributed by atoms with Crippen LogP contribution in [0.4, 0.5) is 46.1 Å². The summed E-state index contributed by atoms with van der Waals surface area (Å²) in [5.74, 6) is -3.52. The summed E-state index contributed by atoms with van der Waals surface area (Å²) >= 11 is 0. The predicted octanol–water partition coefficient (Wildman–Crippen LogP) is 5.28. The SMILES string of the molecule is CNC(=O)c1ccccc1Nc1cc(Nc2ccc(N3CCC(N4CCN(Cc5cc(F)c6c(c5)C(=O)N(C5CCC(=O)NC5=O)C6=O)CC4)CC3)cc2OC)ncc1C(F)(F)F. The van der Waals surface area contributed by atoms with Crippen LogP contribution in [0.3, 0.4) is 0 Å². The highest BCUT2D eigenvalue weighted by molar-refractivity contribution is 6.23. The number of ether oxygens (including phenoxy) is 1. The zero-order valence-electron chi connectivity index (χ0n) is 34.5. The number of carbonyl (C=O) groups is 5. The molecule has 330 valence electrons. The number of aromatic nitrogens is 1. The average molecular weight is 872 g/mol. The van der Waals surface area contributed by atoms with Gasteiger partial charge in [0.25, 0.3) is 17.7 Å². The van der Waals surface area contributed by atoms with Crippen molar-refractivity contribution in [1.29, 1.82) is 0 Å². The number of benzene rings is 3. The number of imide groups is 2. The van der Waals surface area contributed by atoms with Gasteiger partial charge < -0.3 is 25.6 Å². The minimum absolute atomic E-state index is 0.00987. The number of nitrogens with zero attached hydrogens (tertiary/aromatic N) is 5.